The summed E-state index contributed by atoms with van der Waals surface area (Å²) in [6, 6.07) is 3.84. The van der Waals surface area contributed by atoms with E-state index in [1.165, 1.54) is 6.33 Å². The van der Waals surface area contributed by atoms with Gasteiger partial charge in [0.1, 0.15) is 18.2 Å². The molecule has 2 atom stereocenters. The van der Waals surface area contributed by atoms with Crippen molar-refractivity contribution in [3.05, 3.63) is 30.4 Å². The molecule has 1 saturated carbocycles. The number of amides is 1. The van der Waals surface area contributed by atoms with Gasteiger partial charge >= 0.3 is 6.09 Å². The van der Waals surface area contributed by atoms with Gasteiger partial charge in [0.25, 0.3) is 0 Å². The van der Waals surface area contributed by atoms with E-state index < -0.39 is 0 Å². The number of H-pyrrole nitrogens is 1. The van der Waals surface area contributed by atoms with Crippen molar-refractivity contribution in [2.75, 3.05) is 5.32 Å². The number of hydrogen-bond donors (Lipinski definition) is 3. The van der Waals surface area contributed by atoms with Crippen LogP contribution in [0.3, 0.4) is 0 Å². The molecule has 1 amide bonds. The first-order chi connectivity index (χ1) is 11.6. The number of aromatic amines is 1. The van der Waals surface area contributed by atoms with Crippen LogP contribution in [0.25, 0.3) is 0 Å². The molecule has 1 fully saturated rings. The molecule has 1 aliphatic rings. The minimum Gasteiger partial charge on any atom is -0.446 e. The largest absolute Gasteiger partial charge is 0.446 e. The maximum atomic E-state index is 11.7. The third-order valence-corrected chi connectivity index (χ3v) is 3.94. The first-order valence-corrected chi connectivity index (χ1v) is 8.15. The smallest absolute Gasteiger partial charge is 0.407 e. The van der Waals surface area contributed by atoms with Crippen LogP contribution < -0.4 is 10.6 Å². The highest BCUT2D eigenvalue weighted by molar-refractivity contribution is 5.67. The Morgan fingerprint density at radius 3 is 3.00 bits per heavy atom. The second kappa shape index (κ2) is 7.29. The highest BCUT2D eigenvalue weighted by atomic mass is 16.6. The minimum atomic E-state index is -0.341. The summed E-state index contributed by atoms with van der Waals surface area (Å²) >= 11 is 0. The first-order valence-electron chi connectivity index (χ1n) is 8.15. The summed E-state index contributed by atoms with van der Waals surface area (Å²) in [7, 11) is 0. The zero-order chi connectivity index (χ0) is 16.9. The average molecular weight is 330 g/mol. The van der Waals surface area contributed by atoms with E-state index in [2.05, 4.69) is 30.8 Å². The van der Waals surface area contributed by atoms with Crippen LogP contribution in [-0.4, -0.2) is 38.4 Å². The van der Waals surface area contributed by atoms with Gasteiger partial charge in [-0.1, -0.05) is 0 Å². The SMILES string of the molecule is CC(C)NC(=O)O[C@@H]1CC[C@H](c2cc(Nc3ccncn3)n[nH]2)C1. The number of alkyl carbamates (subject to hydrolysis) is 1. The van der Waals surface area contributed by atoms with Gasteiger partial charge in [0.05, 0.1) is 0 Å². The molecule has 24 heavy (non-hydrogen) atoms. The van der Waals surface area contributed by atoms with Gasteiger partial charge in [0.15, 0.2) is 5.82 Å². The molecular weight excluding hydrogens is 308 g/mol. The molecule has 0 aliphatic heterocycles. The number of aromatic nitrogens is 4. The van der Waals surface area contributed by atoms with Crippen molar-refractivity contribution in [3.8, 4) is 0 Å². The Kier molecular flexibility index (Phi) is 4.93. The van der Waals surface area contributed by atoms with Gasteiger partial charge < -0.3 is 15.4 Å². The summed E-state index contributed by atoms with van der Waals surface area (Å²) < 4.78 is 5.46. The quantitative estimate of drug-likeness (QED) is 0.778. The van der Waals surface area contributed by atoms with E-state index >= 15 is 0 Å². The lowest BCUT2D eigenvalue weighted by Gasteiger charge is -2.14. The summed E-state index contributed by atoms with van der Waals surface area (Å²) in [4.78, 5) is 19.7. The summed E-state index contributed by atoms with van der Waals surface area (Å²) in [5, 5.41) is 13.2. The lowest BCUT2D eigenvalue weighted by atomic mass is 10.0. The Balaban J connectivity index is 1.54. The molecule has 0 saturated heterocycles. The van der Waals surface area contributed by atoms with Gasteiger partial charge in [-0.15, -0.1) is 0 Å². The van der Waals surface area contributed by atoms with Gasteiger partial charge in [-0.2, -0.15) is 5.10 Å². The van der Waals surface area contributed by atoms with Crippen LogP contribution in [0.4, 0.5) is 16.4 Å². The predicted octanol–water partition coefficient (Wildman–Crippen LogP) is 2.71. The lowest BCUT2D eigenvalue weighted by molar-refractivity contribution is 0.0981. The maximum absolute atomic E-state index is 11.7. The monoisotopic (exact) mass is 330 g/mol. The Bertz CT molecular complexity index is 672. The van der Waals surface area contributed by atoms with Gasteiger partial charge in [0, 0.05) is 29.9 Å². The second-order valence-electron chi connectivity index (χ2n) is 6.26. The summed E-state index contributed by atoms with van der Waals surface area (Å²) in [5.74, 6) is 1.72. The van der Waals surface area contributed by atoms with Crippen LogP contribution in [-0.2, 0) is 4.74 Å². The van der Waals surface area contributed by atoms with Crippen molar-refractivity contribution < 1.29 is 9.53 Å². The number of rotatable bonds is 5. The Hall–Kier alpha value is -2.64. The van der Waals surface area contributed by atoms with Crippen LogP contribution in [0.2, 0.25) is 0 Å². The van der Waals surface area contributed by atoms with Crippen LogP contribution in [0, 0.1) is 0 Å². The minimum absolute atomic E-state index is 0.0460. The van der Waals surface area contributed by atoms with Crippen LogP contribution >= 0.6 is 0 Å². The number of anilines is 2. The molecule has 2 heterocycles. The summed E-state index contributed by atoms with van der Waals surface area (Å²) in [6.07, 6.45) is 5.40. The summed E-state index contributed by atoms with van der Waals surface area (Å²) in [6.45, 7) is 3.82. The normalized spacial score (nSPS) is 20.1. The average Bonchev–Trinajstić information content (AvgIpc) is 3.17. The van der Waals surface area contributed by atoms with Gasteiger partial charge in [-0.05, 0) is 39.2 Å². The lowest BCUT2D eigenvalue weighted by Crippen LogP contribution is -2.33. The van der Waals surface area contributed by atoms with E-state index in [0.29, 0.717) is 17.6 Å². The standard InChI is InChI=1S/C16H22N6O2/c1-10(2)19-16(23)24-12-4-3-11(7-12)13-8-15(22-21-13)20-14-5-6-17-9-18-14/h5-6,8-12H,3-4,7H2,1-2H3,(H,19,23)(H2,17,18,20,21,22)/t11-,12+/m0/s1. The molecule has 2 aromatic rings. The Labute approximate surface area is 140 Å². The molecule has 3 N–H and O–H groups in total. The number of carbonyl (C=O) groups is 1. The Morgan fingerprint density at radius 2 is 2.25 bits per heavy atom. The van der Waals surface area contributed by atoms with Gasteiger partial charge in [-0.3, -0.25) is 5.10 Å². The van der Waals surface area contributed by atoms with Crippen molar-refractivity contribution in [3.63, 3.8) is 0 Å². The zero-order valence-corrected chi connectivity index (χ0v) is 13.8. The number of carbonyl (C=O) groups excluding carboxylic acids is 1. The van der Waals surface area contributed by atoms with Crippen molar-refractivity contribution in [1.82, 2.24) is 25.5 Å². The highest BCUT2D eigenvalue weighted by Crippen LogP contribution is 2.36. The van der Waals surface area contributed by atoms with Crippen molar-refractivity contribution in [2.24, 2.45) is 0 Å². The molecule has 0 bridgehead atoms. The molecule has 8 heteroatoms. The van der Waals surface area contributed by atoms with Crippen LogP contribution in [0.15, 0.2) is 24.7 Å². The molecule has 128 valence electrons. The van der Waals surface area contributed by atoms with E-state index in [4.69, 9.17) is 4.74 Å². The van der Waals surface area contributed by atoms with Crippen molar-refractivity contribution in [2.45, 2.75) is 51.2 Å². The molecule has 3 rings (SSSR count). The number of nitrogens with zero attached hydrogens (tertiary/aromatic N) is 3. The molecule has 1 aliphatic carbocycles. The third-order valence-electron chi connectivity index (χ3n) is 3.94. The van der Waals surface area contributed by atoms with Crippen molar-refractivity contribution in [1.29, 1.82) is 0 Å². The van der Waals surface area contributed by atoms with Crippen LogP contribution in [0.1, 0.15) is 44.7 Å². The van der Waals surface area contributed by atoms with Gasteiger partial charge in [-0.25, -0.2) is 14.8 Å². The molecular formula is C16H22N6O2. The molecule has 8 nitrogen and oxygen atoms in total. The molecule has 0 unspecified atom stereocenters. The first kappa shape index (κ1) is 16.2. The van der Waals surface area contributed by atoms with Crippen molar-refractivity contribution >= 4 is 17.7 Å². The van der Waals surface area contributed by atoms with E-state index in [1.54, 1.807) is 12.3 Å². The molecule has 0 spiro atoms. The molecule has 0 aromatic carbocycles. The van der Waals surface area contributed by atoms with E-state index in [0.717, 1.165) is 25.0 Å². The second-order valence-corrected chi connectivity index (χ2v) is 6.26. The summed E-state index contributed by atoms with van der Waals surface area (Å²) in [5.41, 5.74) is 1.04. The van der Waals surface area contributed by atoms with Gasteiger partial charge in [0.2, 0.25) is 0 Å². The fraction of sp³-hybridized carbons (Fsp3) is 0.500. The number of nitrogens with one attached hydrogen (secondary N) is 3. The van der Waals surface area contributed by atoms with E-state index in [9.17, 15) is 4.79 Å². The Morgan fingerprint density at radius 1 is 1.38 bits per heavy atom. The van der Waals surface area contributed by atoms with E-state index in [-0.39, 0.29) is 18.2 Å². The highest BCUT2D eigenvalue weighted by Gasteiger charge is 2.30. The maximum Gasteiger partial charge on any atom is 0.407 e. The predicted molar refractivity (Wildman–Crippen MR) is 89.0 cm³/mol. The fourth-order valence-electron chi connectivity index (χ4n) is 2.86. The number of hydrogen-bond acceptors (Lipinski definition) is 6. The third kappa shape index (κ3) is 4.21. The molecule has 2 aromatic heterocycles. The van der Waals surface area contributed by atoms with Crippen LogP contribution in [0.5, 0.6) is 0 Å². The zero-order valence-electron chi connectivity index (χ0n) is 13.8. The van der Waals surface area contributed by atoms with E-state index in [1.807, 2.05) is 19.9 Å². The number of ether oxygens (including phenoxy) is 1. The fourth-order valence-corrected chi connectivity index (χ4v) is 2.86. The topological polar surface area (TPSA) is 105 Å². The molecule has 0 radical (unpaired) electrons.